The van der Waals surface area contributed by atoms with Crippen LogP contribution in [0.4, 0.5) is 0 Å². The van der Waals surface area contributed by atoms with Crippen LogP contribution in [0.25, 0.3) is 0 Å². The Kier molecular flexibility index (Phi) is 5.73. The quantitative estimate of drug-likeness (QED) is 0.756. The zero-order chi connectivity index (χ0) is 12.1. The maximum Gasteiger partial charge on any atom is 0.0703 e. The first-order valence-corrected chi connectivity index (χ1v) is 6.63. The minimum absolute atomic E-state index is 0.201. The van der Waals surface area contributed by atoms with Crippen molar-refractivity contribution in [1.29, 1.82) is 0 Å². The Morgan fingerprint density at radius 3 is 2.56 bits per heavy atom. The van der Waals surface area contributed by atoms with Gasteiger partial charge in [0.1, 0.15) is 0 Å². The van der Waals surface area contributed by atoms with Crippen LogP contribution in [0.2, 0.25) is 0 Å². The van der Waals surface area contributed by atoms with Gasteiger partial charge in [0.25, 0.3) is 0 Å². The lowest BCUT2D eigenvalue weighted by molar-refractivity contribution is 0.0102. The third-order valence-electron chi connectivity index (χ3n) is 3.83. The molecular weight excluding hydrogens is 202 g/mol. The van der Waals surface area contributed by atoms with Gasteiger partial charge < -0.3 is 9.84 Å². The fourth-order valence-corrected chi connectivity index (χ4v) is 2.82. The second kappa shape index (κ2) is 6.58. The molecule has 1 heterocycles. The fourth-order valence-electron chi connectivity index (χ4n) is 2.82. The topological polar surface area (TPSA) is 32.7 Å². The first-order chi connectivity index (χ1) is 7.61. The summed E-state index contributed by atoms with van der Waals surface area (Å²) in [7, 11) is 2.13. The van der Waals surface area contributed by atoms with Crippen molar-refractivity contribution in [3.63, 3.8) is 0 Å². The van der Waals surface area contributed by atoms with Gasteiger partial charge in [-0.3, -0.25) is 4.90 Å². The number of likely N-dealkylation sites (N-methyl/N-ethyl adjacent to an activating group) is 1. The molecule has 1 rings (SSSR count). The zero-order valence-electron chi connectivity index (χ0n) is 11.1. The Hall–Kier alpha value is -0.120. The number of rotatable bonds is 6. The second-order valence-corrected chi connectivity index (χ2v) is 4.93. The Bertz CT molecular complexity index is 198. The number of ether oxygens (including phenoxy) is 1. The molecule has 16 heavy (non-hydrogen) atoms. The molecule has 1 fully saturated rings. The van der Waals surface area contributed by atoms with Gasteiger partial charge in [-0.1, -0.05) is 20.3 Å². The van der Waals surface area contributed by atoms with Crippen LogP contribution < -0.4 is 0 Å². The van der Waals surface area contributed by atoms with Crippen molar-refractivity contribution < 1.29 is 9.84 Å². The molecule has 1 aliphatic heterocycles. The highest BCUT2D eigenvalue weighted by Crippen LogP contribution is 2.23. The van der Waals surface area contributed by atoms with Crippen LogP contribution in [0.1, 0.15) is 46.5 Å². The molecule has 0 aromatic rings. The van der Waals surface area contributed by atoms with Crippen LogP contribution in [0.15, 0.2) is 0 Å². The predicted molar refractivity (Wildman–Crippen MR) is 66.6 cm³/mol. The van der Waals surface area contributed by atoms with Crippen molar-refractivity contribution in [3.8, 4) is 0 Å². The van der Waals surface area contributed by atoms with E-state index in [2.05, 4.69) is 32.7 Å². The first-order valence-electron chi connectivity index (χ1n) is 6.63. The smallest absolute Gasteiger partial charge is 0.0703 e. The van der Waals surface area contributed by atoms with Crippen molar-refractivity contribution in [3.05, 3.63) is 0 Å². The number of nitrogens with zero attached hydrogens (tertiary/aromatic N) is 1. The highest BCUT2D eigenvalue weighted by Gasteiger charge is 2.33. The molecule has 3 nitrogen and oxygen atoms in total. The van der Waals surface area contributed by atoms with Crippen molar-refractivity contribution in [2.24, 2.45) is 0 Å². The van der Waals surface area contributed by atoms with Gasteiger partial charge in [0.2, 0.25) is 0 Å². The summed E-state index contributed by atoms with van der Waals surface area (Å²) in [5, 5.41) is 10.1. The van der Waals surface area contributed by atoms with E-state index in [0.717, 1.165) is 32.3 Å². The Morgan fingerprint density at radius 1 is 1.44 bits per heavy atom. The zero-order valence-corrected chi connectivity index (χ0v) is 11.1. The highest BCUT2D eigenvalue weighted by atomic mass is 16.5. The molecule has 3 heteroatoms. The summed E-state index contributed by atoms with van der Waals surface area (Å²) >= 11 is 0. The summed E-state index contributed by atoms with van der Waals surface area (Å²) in [5.74, 6) is 0. The van der Waals surface area contributed by atoms with Gasteiger partial charge in [-0.15, -0.1) is 0 Å². The molecule has 0 bridgehead atoms. The van der Waals surface area contributed by atoms with Gasteiger partial charge in [0.15, 0.2) is 0 Å². The third kappa shape index (κ3) is 3.19. The van der Waals surface area contributed by atoms with Crippen molar-refractivity contribution in [2.45, 2.75) is 70.7 Å². The van der Waals surface area contributed by atoms with Gasteiger partial charge in [-0.2, -0.15) is 0 Å². The average molecular weight is 229 g/mol. The molecule has 4 unspecified atom stereocenters. The minimum atomic E-state index is -0.201. The normalized spacial score (nSPS) is 29.6. The summed E-state index contributed by atoms with van der Waals surface area (Å²) in [5.41, 5.74) is 0. The summed E-state index contributed by atoms with van der Waals surface area (Å²) in [4.78, 5) is 2.33. The molecular formula is C13H27NO2. The first kappa shape index (κ1) is 13.9. The van der Waals surface area contributed by atoms with E-state index in [-0.39, 0.29) is 12.1 Å². The minimum Gasteiger partial charge on any atom is -0.391 e. The molecule has 4 atom stereocenters. The predicted octanol–water partition coefficient (Wildman–Crippen LogP) is 2.04. The van der Waals surface area contributed by atoms with Gasteiger partial charge in [0, 0.05) is 18.7 Å². The summed E-state index contributed by atoms with van der Waals surface area (Å²) in [6.45, 7) is 7.27. The van der Waals surface area contributed by atoms with E-state index in [9.17, 15) is 5.11 Å². The molecule has 0 radical (unpaired) electrons. The van der Waals surface area contributed by atoms with Crippen molar-refractivity contribution in [2.75, 3.05) is 13.7 Å². The SMILES string of the molecule is CCCC(O)C(CC)N(C)C1CCOC1C. The third-order valence-corrected chi connectivity index (χ3v) is 3.83. The standard InChI is InChI=1S/C13H27NO2/c1-5-7-13(15)11(6-2)14(4)12-8-9-16-10(12)3/h10-13,15H,5-9H2,1-4H3. The van der Waals surface area contributed by atoms with Gasteiger partial charge in [-0.25, -0.2) is 0 Å². The molecule has 0 aromatic heterocycles. The molecule has 0 aromatic carbocycles. The number of hydrogen-bond acceptors (Lipinski definition) is 3. The van der Waals surface area contributed by atoms with E-state index < -0.39 is 0 Å². The summed E-state index contributed by atoms with van der Waals surface area (Å²) in [6, 6.07) is 0.741. The molecule has 1 aliphatic rings. The highest BCUT2D eigenvalue weighted by molar-refractivity contribution is 4.86. The van der Waals surface area contributed by atoms with E-state index in [1.54, 1.807) is 0 Å². The lowest BCUT2D eigenvalue weighted by Crippen LogP contribution is -2.48. The molecule has 0 saturated carbocycles. The van der Waals surface area contributed by atoms with Crippen molar-refractivity contribution in [1.82, 2.24) is 4.90 Å². The molecule has 0 spiro atoms. The van der Waals surface area contributed by atoms with E-state index in [0.29, 0.717) is 12.1 Å². The molecule has 0 aliphatic carbocycles. The van der Waals surface area contributed by atoms with Crippen LogP contribution in [0.3, 0.4) is 0 Å². The van der Waals surface area contributed by atoms with Crippen LogP contribution in [0, 0.1) is 0 Å². The number of aliphatic hydroxyl groups excluding tert-OH is 1. The van der Waals surface area contributed by atoms with Gasteiger partial charge in [0.05, 0.1) is 12.2 Å². The Morgan fingerprint density at radius 2 is 2.12 bits per heavy atom. The van der Waals surface area contributed by atoms with Crippen LogP contribution in [-0.4, -0.2) is 48.0 Å². The molecule has 0 amide bonds. The second-order valence-electron chi connectivity index (χ2n) is 4.93. The fraction of sp³-hybridized carbons (Fsp3) is 1.00. The van der Waals surface area contributed by atoms with E-state index in [1.807, 2.05) is 0 Å². The van der Waals surface area contributed by atoms with Gasteiger partial charge >= 0.3 is 0 Å². The lowest BCUT2D eigenvalue weighted by Gasteiger charge is -2.36. The van der Waals surface area contributed by atoms with E-state index in [1.165, 1.54) is 0 Å². The molecule has 1 saturated heterocycles. The van der Waals surface area contributed by atoms with Crippen LogP contribution in [0.5, 0.6) is 0 Å². The molecule has 1 N–H and O–H groups in total. The lowest BCUT2D eigenvalue weighted by atomic mass is 9.99. The summed E-state index contributed by atoms with van der Waals surface area (Å²) in [6.07, 6.45) is 4.13. The van der Waals surface area contributed by atoms with Crippen LogP contribution in [-0.2, 0) is 4.74 Å². The maximum absolute atomic E-state index is 10.1. The van der Waals surface area contributed by atoms with E-state index >= 15 is 0 Å². The maximum atomic E-state index is 10.1. The monoisotopic (exact) mass is 229 g/mol. The number of aliphatic hydroxyl groups is 1. The Labute approximate surface area is 99.8 Å². The van der Waals surface area contributed by atoms with Crippen LogP contribution >= 0.6 is 0 Å². The summed E-state index contributed by atoms with van der Waals surface area (Å²) < 4.78 is 5.60. The molecule has 96 valence electrons. The largest absolute Gasteiger partial charge is 0.391 e. The van der Waals surface area contributed by atoms with Gasteiger partial charge in [-0.05, 0) is 33.2 Å². The van der Waals surface area contributed by atoms with E-state index in [4.69, 9.17) is 4.74 Å². The van der Waals surface area contributed by atoms with Crippen molar-refractivity contribution >= 4 is 0 Å². The number of hydrogen-bond donors (Lipinski definition) is 1. The Balaban J connectivity index is 2.57. The average Bonchev–Trinajstić information content (AvgIpc) is 2.65.